The number of benzene rings is 3. The van der Waals surface area contributed by atoms with Crippen LogP contribution in [0.15, 0.2) is 66.7 Å². The van der Waals surface area contributed by atoms with Gasteiger partial charge in [-0.1, -0.05) is 60.5 Å². The van der Waals surface area contributed by atoms with Gasteiger partial charge < -0.3 is 10.2 Å². The minimum atomic E-state index is -0.448. The second-order valence-corrected chi connectivity index (χ2v) is 8.16. The van der Waals surface area contributed by atoms with Gasteiger partial charge in [-0.15, -0.1) is 0 Å². The maximum Gasteiger partial charge on any atom is 0.322 e. The van der Waals surface area contributed by atoms with Crippen molar-refractivity contribution in [3.63, 3.8) is 0 Å². The molecule has 0 bridgehead atoms. The first-order valence-electron chi connectivity index (χ1n) is 10.2. The van der Waals surface area contributed by atoms with E-state index < -0.39 is 4.92 Å². The first-order valence-corrected chi connectivity index (χ1v) is 10.9. The number of nitrogens with one attached hydrogen (secondary N) is 1. The van der Waals surface area contributed by atoms with Crippen molar-refractivity contribution in [1.82, 2.24) is 4.90 Å². The molecule has 0 unspecified atom stereocenters. The summed E-state index contributed by atoms with van der Waals surface area (Å²) in [4.78, 5) is 25.2. The Morgan fingerprint density at radius 2 is 1.66 bits per heavy atom. The maximum atomic E-state index is 13.1. The van der Waals surface area contributed by atoms with Crippen molar-refractivity contribution in [2.75, 3.05) is 11.9 Å². The third-order valence-corrected chi connectivity index (χ3v) is 5.67. The van der Waals surface area contributed by atoms with Gasteiger partial charge in [0.05, 0.1) is 4.92 Å². The molecular weight excluding hydrogens is 449 g/mol. The number of carbonyl (C=O) groups is 1. The van der Waals surface area contributed by atoms with E-state index in [1.54, 1.807) is 29.2 Å². The van der Waals surface area contributed by atoms with E-state index in [-0.39, 0.29) is 11.7 Å². The third kappa shape index (κ3) is 6.45. The van der Waals surface area contributed by atoms with E-state index >= 15 is 0 Å². The van der Waals surface area contributed by atoms with Gasteiger partial charge in [0, 0.05) is 41.0 Å². The Morgan fingerprint density at radius 3 is 2.25 bits per heavy atom. The summed E-state index contributed by atoms with van der Waals surface area (Å²) in [6, 6.07) is 18.9. The lowest BCUT2D eigenvalue weighted by atomic mass is 10.1. The highest BCUT2D eigenvalue weighted by Crippen LogP contribution is 2.22. The molecule has 0 aromatic heterocycles. The van der Waals surface area contributed by atoms with E-state index in [1.807, 2.05) is 30.3 Å². The number of halogens is 2. The van der Waals surface area contributed by atoms with Crippen molar-refractivity contribution >= 4 is 40.6 Å². The molecule has 0 atom stereocenters. The number of nitrogens with zero attached hydrogens (tertiary/aromatic N) is 2. The predicted molar refractivity (Wildman–Crippen MR) is 129 cm³/mol. The molecule has 8 heteroatoms. The van der Waals surface area contributed by atoms with Crippen LogP contribution in [0, 0.1) is 10.1 Å². The number of aryl methyl sites for hydroxylation is 1. The first kappa shape index (κ1) is 23.6. The van der Waals surface area contributed by atoms with Crippen molar-refractivity contribution in [3.05, 3.63) is 104 Å². The molecule has 166 valence electrons. The van der Waals surface area contributed by atoms with E-state index in [9.17, 15) is 14.9 Å². The van der Waals surface area contributed by atoms with E-state index in [2.05, 4.69) is 12.2 Å². The van der Waals surface area contributed by atoms with Crippen molar-refractivity contribution in [2.24, 2.45) is 0 Å². The second kappa shape index (κ2) is 11.0. The number of anilines is 1. The monoisotopic (exact) mass is 471 g/mol. The summed E-state index contributed by atoms with van der Waals surface area (Å²) in [5.41, 5.74) is 3.56. The van der Waals surface area contributed by atoms with Crippen LogP contribution in [0.1, 0.15) is 23.6 Å². The molecule has 0 aliphatic carbocycles. The number of urea groups is 1. The largest absolute Gasteiger partial charge is 0.322 e. The quantitative estimate of drug-likeness (QED) is 0.291. The number of hydrogen-bond donors (Lipinski definition) is 1. The van der Waals surface area contributed by atoms with Crippen LogP contribution in [0.2, 0.25) is 10.0 Å². The molecule has 0 saturated carbocycles. The smallest absolute Gasteiger partial charge is 0.320 e. The minimum absolute atomic E-state index is 0.00807. The van der Waals surface area contributed by atoms with Crippen LogP contribution < -0.4 is 5.32 Å². The van der Waals surface area contributed by atoms with Crippen molar-refractivity contribution in [2.45, 2.75) is 26.3 Å². The lowest BCUT2D eigenvalue weighted by Crippen LogP contribution is -2.36. The Balaban J connectivity index is 1.76. The lowest BCUT2D eigenvalue weighted by Gasteiger charge is -2.24. The summed E-state index contributed by atoms with van der Waals surface area (Å²) in [5, 5.41) is 14.9. The molecule has 0 fully saturated rings. The molecule has 0 heterocycles. The van der Waals surface area contributed by atoms with Crippen LogP contribution in [0.5, 0.6) is 0 Å². The zero-order valence-corrected chi connectivity index (χ0v) is 19.1. The normalized spacial score (nSPS) is 10.6. The summed E-state index contributed by atoms with van der Waals surface area (Å²) in [7, 11) is 0. The number of hydrogen-bond acceptors (Lipinski definition) is 3. The molecule has 0 radical (unpaired) electrons. The van der Waals surface area contributed by atoms with Gasteiger partial charge in [-0.2, -0.15) is 0 Å². The first-order chi connectivity index (χ1) is 15.4. The molecule has 0 saturated heterocycles. The lowest BCUT2D eigenvalue weighted by molar-refractivity contribution is -0.384. The summed E-state index contributed by atoms with van der Waals surface area (Å²) in [5.74, 6) is 0. The van der Waals surface area contributed by atoms with E-state index in [4.69, 9.17) is 23.2 Å². The molecular formula is C24H23Cl2N3O3. The molecule has 0 aliphatic rings. The number of rotatable bonds is 8. The Hall–Kier alpha value is -3.09. The van der Waals surface area contributed by atoms with E-state index in [0.717, 1.165) is 17.5 Å². The fourth-order valence-corrected chi connectivity index (χ4v) is 3.71. The zero-order chi connectivity index (χ0) is 23.1. The summed E-state index contributed by atoms with van der Waals surface area (Å²) in [6.07, 6.45) is 1.45. The van der Waals surface area contributed by atoms with Gasteiger partial charge in [0.25, 0.3) is 5.69 Å². The standard InChI is InChI=1S/C24H23Cl2N3O3/c1-2-17-3-9-21(10-4-17)27-24(30)28(14-13-19-7-8-20(25)15-23(19)26)16-18-5-11-22(12-6-18)29(31)32/h3-12,15H,2,13-14,16H2,1H3,(H,27,30). The molecule has 3 aromatic rings. The van der Waals surface area contributed by atoms with Crippen LogP contribution in [0.4, 0.5) is 16.2 Å². The van der Waals surface area contributed by atoms with Crippen molar-refractivity contribution in [1.29, 1.82) is 0 Å². The third-order valence-electron chi connectivity index (χ3n) is 5.09. The van der Waals surface area contributed by atoms with Crippen molar-refractivity contribution in [3.8, 4) is 0 Å². The molecule has 3 rings (SSSR count). The molecule has 0 aliphatic heterocycles. The van der Waals surface area contributed by atoms with Crippen LogP contribution in [0.3, 0.4) is 0 Å². The minimum Gasteiger partial charge on any atom is -0.320 e. The Morgan fingerprint density at radius 1 is 1.00 bits per heavy atom. The fraction of sp³-hybridized carbons (Fsp3) is 0.208. The highest BCUT2D eigenvalue weighted by atomic mass is 35.5. The van der Waals surface area contributed by atoms with Crippen LogP contribution in [-0.4, -0.2) is 22.4 Å². The Kier molecular flexibility index (Phi) is 8.09. The number of carbonyl (C=O) groups excluding carboxylic acids is 1. The average molecular weight is 472 g/mol. The number of non-ortho nitro benzene ring substituents is 1. The topological polar surface area (TPSA) is 75.5 Å². The molecule has 0 spiro atoms. The van der Waals surface area contributed by atoms with Gasteiger partial charge in [-0.05, 0) is 53.8 Å². The van der Waals surface area contributed by atoms with Crippen molar-refractivity contribution < 1.29 is 9.72 Å². The van der Waals surface area contributed by atoms with Crippen LogP contribution in [0.25, 0.3) is 0 Å². The van der Waals surface area contributed by atoms with Gasteiger partial charge in [0.2, 0.25) is 0 Å². The Bertz CT molecular complexity index is 1090. The predicted octanol–water partition coefficient (Wildman–Crippen LogP) is 6.74. The second-order valence-electron chi connectivity index (χ2n) is 7.31. The number of amides is 2. The zero-order valence-electron chi connectivity index (χ0n) is 17.6. The van der Waals surface area contributed by atoms with Gasteiger partial charge in [0.1, 0.15) is 0 Å². The number of nitro groups is 1. The molecule has 3 aromatic carbocycles. The maximum absolute atomic E-state index is 13.1. The van der Waals surface area contributed by atoms with Gasteiger partial charge in [-0.25, -0.2) is 4.79 Å². The molecule has 2 amide bonds. The van der Waals surface area contributed by atoms with Crippen LogP contribution >= 0.6 is 23.2 Å². The molecule has 32 heavy (non-hydrogen) atoms. The molecule has 1 N–H and O–H groups in total. The highest BCUT2D eigenvalue weighted by Gasteiger charge is 2.16. The summed E-state index contributed by atoms with van der Waals surface area (Å²) < 4.78 is 0. The van der Waals surface area contributed by atoms with Gasteiger partial charge in [0.15, 0.2) is 0 Å². The molecule has 6 nitrogen and oxygen atoms in total. The van der Waals surface area contributed by atoms with Gasteiger partial charge in [-0.3, -0.25) is 10.1 Å². The number of nitro benzene ring substituents is 1. The van der Waals surface area contributed by atoms with E-state index in [1.165, 1.54) is 17.7 Å². The van der Waals surface area contributed by atoms with Crippen LogP contribution in [-0.2, 0) is 19.4 Å². The highest BCUT2D eigenvalue weighted by molar-refractivity contribution is 6.35. The fourth-order valence-electron chi connectivity index (χ4n) is 3.20. The average Bonchev–Trinajstić information content (AvgIpc) is 2.78. The Labute approximate surface area is 196 Å². The summed E-state index contributed by atoms with van der Waals surface area (Å²) in [6.45, 7) is 2.76. The SMILES string of the molecule is CCc1ccc(NC(=O)N(CCc2ccc(Cl)cc2Cl)Cc2ccc([N+](=O)[O-])cc2)cc1. The van der Waals surface area contributed by atoms with Gasteiger partial charge >= 0.3 is 6.03 Å². The summed E-state index contributed by atoms with van der Waals surface area (Å²) >= 11 is 12.3. The van der Waals surface area contributed by atoms with E-state index in [0.29, 0.717) is 35.2 Å².